The first-order valence-corrected chi connectivity index (χ1v) is 8.26. The largest absolute Gasteiger partial charge is 0.278 e. The van der Waals surface area contributed by atoms with E-state index in [1.165, 1.54) is 11.0 Å². The number of non-ortho nitro benzene ring substituents is 1. The van der Waals surface area contributed by atoms with Crippen LogP contribution in [0.5, 0.6) is 0 Å². The predicted octanol–water partition coefficient (Wildman–Crippen LogP) is 5.04. The molecule has 0 aliphatic heterocycles. The molecule has 0 bridgehead atoms. The first-order chi connectivity index (χ1) is 11.2. The van der Waals surface area contributed by atoms with E-state index in [0.29, 0.717) is 10.9 Å². The van der Waals surface area contributed by atoms with Crippen molar-refractivity contribution in [3.05, 3.63) is 76.0 Å². The second kappa shape index (κ2) is 6.62. The summed E-state index contributed by atoms with van der Waals surface area (Å²) in [5, 5.41) is 11.6. The summed E-state index contributed by atoms with van der Waals surface area (Å²) < 4.78 is 0. The zero-order chi connectivity index (χ0) is 16.2. The predicted molar refractivity (Wildman–Crippen MR) is 95.5 cm³/mol. The summed E-state index contributed by atoms with van der Waals surface area (Å²) in [4.78, 5) is 16.3. The van der Waals surface area contributed by atoms with Gasteiger partial charge < -0.3 is 0 Å². The molecule has 1 heterocycles. The van der Waals surface area contributed by atoms with E-state index in [1.54, 1.807) is 36.0 Å². The molecule has 1 aromatic heterocycles. The number of nitro benzene ring substituents is 1. The van der Waals surface area contributed by atoms with Crippen LogP contribution in [0, 0.1) is 10.1 Å². The van der Waals surface area contributed by atoms with Gasteiger partial charge in [0.2, 0.25) is 0 Å². The van der Waals surface area contributed by atoms with Crippen molar-refractivity contribution in [2.75, 3.05) is 6.26 Å². The second-order valence-electron chi connectivity index (χ2n) is 4.94. The number of rotatable bonds is 4. The quantitative estimate of drug-likeness (QED) is 0.384. The molecule has 0 N–H and O–H groups in total. The van der Waals surface area contributed by atoms with Crippen LogP contribution in [0.15, 0.2) is 59.5 Å². The Labute approximate surface area is 138 Å². The lowest BCUT2D eigenvalue weighted by Crippen LogP contribution is -1.91. The molecule has 0 spiro atoms. The van der Waals surface area contributed by atoms with Crippen molar-refractivity contribution in [1.82, 2.24) is 4.98 Å². The second-order valence-corrected chi connectivity index (χ2v) is 5.82. The summed E-state index contributed by atoms with van der Waals surface area (Å²) in [6.07, 6.45) is 5.94. The summed E-state index contributed by atoms with van der Waals surface area (Å²) in [6.45, 7) is 0. The monoisotopic (exact) mass is 322 g/mol. The van der Waals surface area contributed by atoms with Crippen molar-refractivity contribution in [2.24, 2.45) is 0 Å². The number of pyridine rings is 1. The van der Waals surface area contributed by atoms with Gasteiger partial charge in [0.1, 0.15) is 0 Å². The smallest absolute Gasteiger partial charge is 0.258 e. The van der Waals surface area contributed by atoms with Crippen molar-refractivity contribution in [1.29, 1.82) is 0 Å². The average Bonchev–Trinajstić information content (AvgIpc) is 2.59. The molecule has 0 radical (unpaired) electrons. The molecule has 3 rings (SSSR count). The average molecular weight is 322 g/mol. The van der Waals surface area contributed by atoms with E-state index in [0.717, 1.165) is 11.3 Å². The molecule has 23 heavy (non-hydrogen) atoms. The van der Waals surface area contributed by atoms with Crippen molar-refractivity contribution in [3.63, 3.8) is 0 Å². The van der Waals surface area contributed by atoms with E-state index in [-0.39, 0.29) is 10.6 Å². The number of aromatic nitrogens is 1. The van der Waals surface area contributed by atoms with Crippen molar-refractivity contribution in [3.8, 4) is 0 Å². The highest BCUT2D eigenvalue weighted by Crippen LogP contribution is 2.24. The van der Waals surface area contributed by atoms with E-state index in [1.807, 2.05) is 30.5 Å². The third-order valence-corrected chi connectivity index (χ3v) is 4.23. The fraction of sp³-hybridized carbons (Fsp3) is 0.0556. The van der Waals surface area contributed by atoms with Crippen LogP contribution in [0.1, 0.15) is 11.3 Å². The molecule has 0 aliphatic carbocycles. The molecule has 4 nitrogen and oxygen atoms in total. The molecule has 0 amide bonds. The normalized spacial score (nSPS) is 11.2. The van der Waals surface area contributed by atoms with Gasteiger partial charge in [-0.05, 0) is 48.2 Å². The van der Waals surface area contributed by atoms with Crippen LogP contribution in [-0.4, -0.2) is 16.2 Å². The zero-order valence-electron chi connectivity index (χ0n) is 12.5. The standard InChI is InChI=1S/C18H14N2O2S/c1-23-15-10-6-13(7-11-15)5-8-14-9-12-16-17(19-14)3-2-4-18(16)20(21)22/h2-12H,1H3. The molecule has 0 fully saturated rings. The number of thioether (sulfide) groups is 1. The maximum absolute atomic E-state index is 11.0. The minimum Gasteiger partial charge on any atom is -0.258 e. The maximum atomic E-state index is 11.0. The summed E-state index contributed by atoms with van der Waals surface area (Å²) in [7, 11) is 0. The van der Waals surface area contributed by atoms with Gasteiger partial charge in [-0.2, -0.15) is 0 Å². The Bertz CT molecular complexity index is 889. The number of nitrogens with zero attached hydrogens (tertiary/aromatic N) is 2. The molecule has 0 aliphatic rings. The highest BCUT2D eigenvalue weighted by Gasteiger charge is 2.11. The van der Waals surface area contributed by atoms with Crippen LogP contribution in [-0.2, 0) is 0 Å². The van der Waals surface area contributed by atoms with Gasteiger partial charge in [-0.25, -0.2) is 4.98 Å². The van der Waals surface area contributed by atoms with Crippen LogP contribution in [0.25, 0.3) is 23.1 Å². The van der Waals surface area contributed by atoms with E-state index >= 15 is 0 Å². The summed E-state index contributed by atoms with van der Waals surface area (Å²) in [6, 6.07) is 16.7. The minimum atomic E-state index is -0.382. The molecule has 0 saturated heterocycles. The Morgan fingerprint density at radius 2 is 1.83 bits per heavy atom. The van der Waals surface area contributed by atoms with Crippen LogP contribution in [0.4, 0.5) is 5.69 Å². The van der Waals surface area contributed by atoms with E-state index in [4.69, 9.17) is 0 Å². The maximum Gasteiger partial charge on any atom is 0.278 e. The lowest BCUT2D eigenvalue weighted by Gasteiger charge is -2.01. The number of fused-ring (bicyclic) bond motifs is 1. The van der Waals surface area contributed by atoms with Gasteiger partial charge in [0, 0.05) is 11.0 Å². The molecular formula is C18H14N2O2S. The Hall–Kier alpha value is -2.66. The number of nitro groups is 1. The van der Waals surface area contributed by atoms with Gasteiger partial charge in [0.05, 0.1) is 21.5 Å². The van der Waals surface area contributed by atoms with Crippen LogP contribution in [0.3, 0.4) is 0 Å². The van der Waals surface area contributed by atoms with Crippen molar-refractivity contribution >= 4 is 40.5 Å². The Balaban J connectivity index is 1.91. The van der Waals surface area contributed by atoms with Crippen molar-refractivity contribution < 1.29 is 4.92 Å². The van der Waals surface area contributed by atoms with Crippen LogP contribution in [0.2, 0.25) is 0 Å². The zero-order valence-corrected chi connectivity index (χ0v) is 13.3. The Morgan fingerprint density at radius 3 is 2.52 bits per heavy atom. The highest BCUT2D eigenvalue weighted by molar-refractivity contribution is 7.98. The molecule has 5 heteroatoms. The number of hydrogen-bond acceptors (Lipinski definition) is 4. The molecule has 2 aromatic carbocycles. The van der Waals surface area contributed by atoms with Gasteiger partial charge in [-0.1, -0.05) is 24.3 Å². The number of hydrogen-bond donors (Lipinski definition) is 0. The third kappa shape index (κ3) is 3.40. The van der Waals surface area contributed by atoms with E-state index < -0.39 is 0 Å². The first kappa shape index (κ1) is 15.2. The van der Waals surface area contributed by atoms with Crippen LogP contribution >= 0.6 is 11.8 Å². The summed E-state index contributed by atoms with van der Waals surface area (Å²) >= 11 is 1.71. The molecular weight excluding hydrogens is 308 g/mol. The molecule has 114 valence electrons. The SMILES string of the molecule is CSc1ccc(C=Cc2ccc3c([N+](=O)[O-])cccc3n2)cc1. The van der Waals surface area contributed by atoms with Gasteiger partial charge in [-0.3, -0.25) is 10.1 Å². The van der Waals surface area contributed by atoms with E-state index in [9.17, 15) is 10.1 Å². The first-order valence-electron chi connectivity index (χ1n) is 7.04. The van der Waals surface area contributed by atoms with E-state index in [2.05, 4.69) is 17.1 Å². The lowest BCUT2D eigenvalue weighted by molar-refractivity contribution is -0.383. The minimum absolute atomic E-state index is 0.0817. The molecule has 0 atom stereocenters. The van der Waals surface area contributed by atoms with Gasteiger partial charge in [-0.15, -0.1) is 11.8 Å². The van der Waals surface area contributed by atoms with Crippen LogP contribution < -0.4 is 0 Å². The Kier molecular flexibility index (Phi) is 4.39. The summed E-state index contributed by atoms with van der Waals surface area (Å²) in [5.41, 5.74) is 2.56. The van der Waals surface area contributed by atoms with Gasteiger partial charge in [0.25, 0.3) is 5.69 Å². The fourth-order valence-electron chi connectivity index (χ4n) is 2.30. The molecule has 0 unspecified atom stereocenters. The number of benzene rings is 2. The summed E-state index contributed by atoms with van der Waals surface area (Å²) in [5.74, 6) is 0. The lowest BCUT2D eigenvalue weighted by atomic mass is 10.1. The third-order valence-electron chi connectivity index (χ3n) is 3.49. The van der Waals surface area contributed by atoms with Gasteiger partial charge in [0.15, 0.2) is 0 Å². The van der Waals surface area contributed by atoms with Gasteiger partial charge >= 0.3 is 0 Å². The fourth-order valence-corrected chi connectivity index (χ4v) is 2.71. The topological polar surface area (TPSA) is 56.0 Å². The molecule has 0 saturated carbocycles. The molecule has 3 aromatic rings. The van der Waals surface area contributed by atoms with Crippen molar-refractivity contribution in [2.45, 2.75) is 4.90 Å². The Morgan fingerprint density at radius 1 is 1.04 bits per heavy atom. The highest BCUT2D eigenvalue weighted by atomic mass is 32.2.